The molecule has 0 aromatic carbocycles. The molecule has 9 heteroatoms. The van der Waals surface area contributed by atoms with Crippen LogP contribution in [0.2, 0.25) is 0 Å². The quantitative estimate of drug-likeness (QED) is 0.799. The predicted octanol–water partition coefficient (Wildman–Crippen LogP) is 1.98. The SMILES string of the molecule is COCCc1noc(C2CCCCN2C(=O)CCc2csc(N)n2)n1. The van der Waals surface area contributed by atoms with Crippen molar-refractivity contribution in [2.75, 3.05) is 26.0 Å². The van der Waals surface area contributed by atoms with Gasteiger partial charge in [0, 0.05) is 31.9 Å². The van der Waals surface area contributed by atoms with Gasteiger partial charge in [-0.25, -0.2) is 4.98 Å². The monoisotopic (exact) mass is 365 g/mol. The van der Waals surface area contributed by atoms with Gasteiger partial charge in [0.2, 0.25) is 11.8 Å². The molecule has 0 radical (unpaired) electrons. The average Bonchev–Trinajstić information content (AvgIpc) is 3.27. The molecule has 1 unspecified atom stereocenters. The minimum absolute atomic E-state index is 0.0907. The Kier molecular flexibility index (Phi) is 5.98. The van der Waals surface area contributed by atoms with Gasteiger partial charge in [-0.15, -0.1) is 11.3 Å². The highest BCUT2D eigenvalue weighted by Gasteiger charge is 2.31. The lowest BCUT2D eigenvalue weighted by atomic mass is 10.0. The minimum atomic E-state index is -0.134. The Morgan fingerprint density at radius 1 is 1.44 bits per heavy atom. The number of aromatic nitrogens is 3. The lowest BCUT2D eigenvalue weighted by Crippen LogP contribution is -2.38. The van der Waals surface area contributed by atoms with Crippen LogP contribution in [0, 0.1) is 0 Å². The molecule has 136 valence electrons. The molecule has 1 saturated heterocycles. The molecule has 1 atom stereocenters. The van der Waals surface area contributed by atoms with Gasteiger partial charge in [0.25, 0.3) is 0 Å². The van der Waals surface area contributed by atoms with Gasteiger partial charge in [0.15, 0.2) is 11.0 Å². The van der Waals surface area contributed by atoms with Crippen LogP contribution in [0.25, 0.3) is 0 Å². The van der Waals surface area contributed by atoms with Gasteiger partial charge in [-0.3, -0.25) is 4.79 Å². The second kappa shape index (κ2) is 8.39. The number of thiazole rings is 1. The number of aryl methyl sites for hydroxylation is 1. The van der Waals surface area contributed by atoms with Crippen molar-refractivity contribution in [3.8, 4) is 0 Å². The third kappa shape index (κ3) is 4.55. The zero-order valence-corrected chi connectivity index (χ0v) is 15.1. The van der Waals surface area contributed by atoms with Crippen LogP contribution in [0.4, 0.5) is 5.13 Å². The van der Waals surface area contributed by atoms with E-state index in [1.54, 1.807) is 7.11 Å². The highest BCUT2D eigenvalue weighted by Crippen LogP contribution is 2.30. The summed E-state index contributed by atoms with van der Waals surface area (Å²) in [5.41, 5.74) is 6.50. The van der Waals surface area contributed by atoms with E-state index in [2.05, 4.69) is 15.1 Å². The van der Waals surface area contributed by atoms with Crippen molar-refractivity contribution in [1.82, 2.24) is 20.0 Å². The van der Waals surface area contributed by atoms with E-state index in [1.807, 2.05) is 10.3 Å². The molecule has 2 aromatic rings. The van der Waals surface area contributed by atoms with Crippen LogP contribution in [0.3, 0.4) is 0 Å². The number of carbonyl (C=O) groups excluding carboxylic acids is 1. The number of hydrogen-bond donors (Lipinski definition) is 1. The van der Waals surface area contributed by atoms with Gasteiger partial charge in [-0.2, -0.15) is 4.98 Å². The fourth-order valence-corrected chi connectivity index (χ4v) is 3.60. The first-order chi connectivity index (χ1) is 12.2. The van der Waals surface area contributed by atoms with Gasteiger partial charge in [-0.1, -0.05) is 5.16 Å². The van der Waals surface area contributed by atoms with E-state index in [1.165, 1.54) is 11.3 Å². The summed E-state index contributed by atoms with van der Waals surface area (Å²) in [5, 5.41) is 6.43. The molecule has 0 saturated carbocycles. The number of likely N-dealkylation sites (tertiary alicyclic amines) is 1. The summed E-state index contributed by atoms with van der Waals surface area (Å²) in [6, 6.07) is -0.134. The van der Waals surface area contributed by atoms with Crippen LogP contribution in [0.15, 0.2) is 9.90 Å². The van der Waals surface area contributed by atoms with Crippen LogP contribution in [0.5, 0.6) is 0 Å². The Balaban J connectivity index is 1.63. The van der Waals surface area contributed by atoms with E-state index >= 15 is 0 Å². The van der Waals surface area contributed by atoms with Gasteiger partial charge in [0.05, 0.1) is 12.3 Å². The maximum Gasteiger partial charge on any atom is 0.249 e. The van der Waals surface area contributed by atoms with Crippen LogP contribution < -0.4 is 5.73 Å². The summed E-state index contributed by atoms with van der Waals surface area (Å²) >= 11 is 1.40. The van der Waals surface area contributed by atoms with Crippen molar-refractivity contribution in [2.24, 2.45) is 0 Å². The van der Waals surface area contributed by atoms with Crippen molar-refractivity contribution in [1.29, 1.82) is 0 Å². The average molecular weight is 365 g/mol. The Morgan fingerprint density at radius 3 is 3.08 bits per heavy atom. The van der Waals surface area contributed by atoms with Crippen molar-refractivity contribution in [3.63, 3.8) is 0 Å². The number of amides is 1. The lowest BCUT2D eigenvalue weighted by Gasteiger charge is -2.33. The molecular weight excluding hydrogens is 342 g/mol. The standard InChI is InChI=1S/C16H23N5O3S/c1-23-9-7-13-19-15(24-20-13)12-4-2-3-8-21(12)14(22)6-5-11-10-25-16(17)18-11/h10,12H,2-9H2,1H3,(H2,17,18). The summed E-state index contributed by atoms with van der Waals surface area (Å²) in [4.78, 5) is 23.2. The van der Waals surface area contributed by atoms with Crippen molar-refractivity contribution < 1.29 is 14.1 Å². The topological polar surface area (TPSA) is 107 Å². The summed E-state index contributed by atoms with van der Waals surface area (Å²) in [5.74, 6) is 1.23. The number of ether oxygens (including phenoxy) is 1. The third-order valence-corrected chi connectivity index (χ3v) is 5.01. The zero-order valence-electron chi connectivity index (χ0n) is 14.3. The second-order valence-electron chi connectivity index (χ2n) is 6.07. The molecule has 2 N–H and O–H groups in total. The Bertz CT molecular complexity index is 702. The Morgan fingerprint density at radius 2 is 2.32 bits per heavy atom. The number of hydrogen-bond acceptors (Lipinski definition) is 8. The summed E-state index contributed by atoms with van der Waals surface area (Å²) in [7, 11) is 1.64. The van der Waals surface area contributed by atoms with E-state index in [0.29, 0.717) is 42.7 Å². The molecule has 3 heterocycles. The minimum Gasteiger partial charge on any atom is -0.384 e. The van der Waals surface area contributed by atoms with Crippen molar-refractivity contribution in [2.45, 2.75) is 44.6 Å². The molecule has 1 aliphatic heterocycles. The van der Waals surface area contributed by atoms with Crippen LogP contribution >= 0.6 is 11.3 Å². The first-order valence-electron chi connectivity index (χ1n) is 8.48. The first-order valence-corrected chi connectivity index (χ1v) is 9.36. The molecule has 1 amide bonds. The molecule has 1 fully saturated rings. The molecular formula is C16H23N5O3S. The van der Waals surface area contributed by atoms with Crippen LogP contribution in [-0.2, 0) is 22.4 Å². The Labute approximate surface area is 150 Å². The van der Waals surface area contributed by atoms with E-state index in [9.17, 15) is 4.79 Å². The molecule has 0 aliphatic carbocycles. The lowest BCUT2D eigenvalue weighted by molar-refractivity contribution is -0.135. The number of piperidine rings is 1. The Hall–Kier alpha value is -2.00. The van der Waals surface area contributed by atoms with E-state index in [4.69, 9.17) is 15.0 Å². The zero-order chi connectivity index (χ0) is 17.6. The number of anilines is 1. The summed E-state index contributed by atoms with van der Waals surface area (Å²) < 4.78 is 10.4. The largest absolute Gasteiger partial charge is 0.384 e. The number of nitrogens with zero attached hydrogens (tertiary/aromatic N) is 4. The van der Waals surface area contributed by atoms with Crippen molar-refractivity contribution >= 4 is 22.4 Å². The molecule has 0 bridgehead atoms. The molecule has 0 spiro atoms. The molecule has 2 aromatic heterocycles. The normalized spacial score (nSPS) is 17.8. The maximum atomic E-state index is 12.7. The highest BCUT2D eigenvalue weighted by molar-refractivity contribution is 7.13. The fourth-order valence-electron chi connectivity index (χ4n) is 3.00. The number of methoxy groups -OCH3 is 1. The van der Waals surface area contributed by atoms with Crippen LogP contribution in [0.1, 0.15) is 49.1 Å². The van der Waals surface area contributed by atoms with Gasteiger partial charge < -0.3 is 19.9 Å². The first kappa shape index (κ1) is 17.8. The van der Waals surface area contributed by atoms with Gasteiger partial charge >= 0.3 is 0 Å². The van der Waals surface area contributed by atoms with Gasteiger partial charge in [-0.05, 0) is 25.7 Å². The molecule has 3 rings (SSSR count). The summed E-state index contributed by atoms with van der Waals surface area (Å²) in [6.45, 7) is 1.27. The smallest absolute Gasteiger partial charge is 0.249 e. The highest BCUT2D eigenvalue weighted by atomic mass is 32.1. The number of nitrogens with two attached hydrogens (primary N) is 1. The van der Waals surface area contributed by atoms with Crippen LogP contribution in [-0.4, -0.2) is 46.2 Å². The molecule has 1 aliphatic rings. The molecule has 8 nitrogen and oxygen atoms in total. The van der Waals surface area contributed by atoms with E-state index in [-0.39, 0.29) is 11.9 Å². The van der Waals surface area contributed by atoms with E-state index in [0.717, 1.165) is 31.5 Å². The predicted molar refractivity (Wildman–Crippen MR) is 93.0 cm³/mol. The van der Waals surface area contributed by atoms with Gasteiger partial charge in [0.1, 0.15) is 6.04 Å². The third-order valence-electron chi connectivity index (χ3n) is 4.29. The second-order valence-corrected chi connectivity index (χ2v) is 6.96. The van der Waals surface area contributed by atoms with Crippen molar-refractivity contribution in [3.05, 3.63) is 22.8 Å². The van der Waals surface area contributed by atoms with E-state index < -0.39 is 0 Å². The molecule has 25 heavy (non-hydrogen) atoms. The number of rotatable bonds is 7. The summed E-state index contributed by atoms with van der Waals surface area (Å²) in [6.07, 6.45) is 4.50. The number of nitrogen functional groups attached to an aromatic ring is 1. The fraction of sp³-hybridized carbons (Fsp3) is 0.625. The maximum absolute atomic E-state index is 12.7. The number of carbonyl (C=O) groups is 1.